The van der Waals surface area contributed by atoms with Crippen LogP contribution in [0.1, 0.15) is 19.7 Å². The first-order chi connectivity index (χ1) is 8.98. The number of hydrogen-bond acceptors (Lipinski definition) is 2. The van der Waals surface area contributed by atoms with Gasteiger partial charge < -0.3 is 4.57 Å². The van der Waals surface area contributed by atoms with E-state index in [1.165, 1.54) is 6.07 Å². The van der Waals surface area contributed by atoms with Crippen molar-refractivity contribution >= 4 is 34.4 Å². The number of aromatic nitrogens is 2. The van der Waals surface area contributed by atoms with E-state index in [2.05, 4.69) is 29.7 Å². The molecule has 1 heterocycles. The van der Waals surface area contributed by atoms with Gasteiger partial charge in [0.25, 0.3) is 0 Å². The lowest BCUT2D eigenvalue weighted by Gasteiger charge is -2.24. The lowest BCUT2D eigenvalue weighted by Crippen LogP contribution is -2.23. The second kappa shape index (κ2) is 5.71. The highest BCUT2D eigenvalue weighted by Crippen LogP contribution is 2.28. The number of thioether (sulfide) groups is 1. The molecule has 0 atom stereocenters. The van der Waals surface area contributed by atoms with Gasteiger partial charge in [0.15, 0.2) is 5.82 Å². The fraction of sp³-hybridized carbons (Fsp3) is 0.500. The van der Waals surface area contributed by atoms with Gasteiger partial charge in [-0.25, -0.2) is 9.37 Å². The molecule has 0 bridgehead atoms. The van der Waals surface area contributed by atoms with Crippen LogP contribution in [0.3, 0.4) is 0 Å². The third-order valence-electron chi connectivity index (χ3n) is 3.22. The van der Waals surface area contributed by atoms with Crippen LogP contribution in [0.2, 0.25) is 0 Å². The van der Waals surface area contributed by atoms with Crippen LogP contribution in [0, 0.1) is 5.82 Å². The summed E-state index contributed by atoms with van der Waals surface area (Å²) in [6, 6.07) is 5.09. The molecule has 104 valence electrons. The van der Waals surface area contributed by atoms with Crippen molar-refractivity contribution in [2.75, 3.05) is 12.1 Å². The molecule has 0 saturated heterocycles. The summed E-state index contributed by atoms with van der Waals surface area (Å²) in [5.41, 5.74) is 1.29. The highest BCUT2D eigenvalue weighted by Gasteiger charge is 2.21. The first-order valence-electron chi connectivity index (χ1n) is 6.23. The van der Waals surface area contributed by atoms with Crippen LogP contribution in [-0.2, 0) is 13.0 Å². The Bertz CT molecular complexity index is 580. The van der Waals surface area contributed by atoms with Gasteiger partial charge in [-0.15, -0.1) is 11.6 Å². The smallest absolute Gasteiger partial charge is 0.151 e. The zero-order valence-electron chi connectivity index (χ0n) is 11.4. The summed E-state index contributed by atoms with van der Waals surface area (Å²) in [6.45, 7) is 5.14. The molecular weight excluding hydrogens is 283 g/mol. The minimum absolute atomic E-state index is 0.0704. The number of aryl methyl sites for hydroxylation is 1. The lowest BCUT2D eigenvalue weighted by molar-refractivity contribution is 0.561. The first-order valence-corrected chi connectivity index (χ1v) is 7.99. The van der Waals surface area contributed by atoms with Gasteiger partial charge in [-0.3, -0.25) is 0 Å². The van der Waals surface area contributed by atoms with E-state index in [0.717, 1.165) is 17.9 Å². The van der Waals surface area contributed by atoms with Crippen LogP contribution in [0.25, 0.3) is 11.0 Å². The van der Waals surface area contributed by atoms with Crippen molar-refractivity contribution in [2.45, 2.75) is 31.6 Å². The molecule has 1 aromatic heterocycles. The minimum atomic E-state index is -0.269. The molecule has 0 amide bonds. The number of imidazole rings is 1. The molecule has 0 fully saturated rings. The second-order valence-corrected chi connectivity index (χ2v) is 7.02. The number of hydrogen-bond donors (Lipinski definition) is 0. The summed E-state index contributed by atoms with van der Waals surface area (Å²) in [4.78, 5) is 4.41. The zero-order chi connectivity index (χ0) is 14.0. The molecule has 0 aliphatic carbocycles. The third-order valence-corrected chi connectivity index (χ3v) is 4.64. The van der Waals surface area contributed by atoms with Gasteiger partial charge in [0.2, 0.25) is 0 Å². The highest BCUT2D eigenvalue weighted by atomic mass is 35.5. The Morgan fingerprint density at radius 3 is 2.79 bits per heavy atom. The molecule has 0 aliphatic rings. The number of para-hydroxylation sites is 1. The monoisotopic (exact) mass is 300 g/mol. The van der Waals surface area contributed by atoms with Crippen LogP contribution in [-0.4, -0.2) is 26.4 Å². The second-order valence-electron chi connectivity index (χ2n) is 5.12. The quantitative estimate of drug-likeness (QED) is 0.774. The van der Waals surface area contributed by atoms with E-state index in [4.69, 9.17) is 11.6 Å². The van der Waals surface area contributed by atoms with Gasteiger partial charge in [-0.2, -0.15) is 11.8 Å². The molecule has 0 unspecified atom stereocenters. The average Bonchev–Trinajstić information content (AvgIpc) is 2.70. The van der Waals surface area contributed by atoms with Crippen molar-refractivity contribution in [3.05, 3.63) is 29.8 Å². The van der Waals surface area contributed by atoms with Crippen molar-refractivity contribution in [1.82, 2.24) is 9.55 Å². The molecule has 2 rings (SSSR count). The van der Waals surface area contributed by atoms with Crippen LogP contribution in [0.5, 0.6) is 0 Å². The predicted octanol–water partition coefficient (Wildman–Crippen LogP) is 4.10. The average molecular weight is 301 g/mol. The number of alkyl halides is 1. The zero-order valence-corrected chi connectivity index (χ0v) is 13.0. The number of rotatable bonds is 5. The molecule has 2 aromatic rings. The van der Waals surface area contributed by atoms with Gasteiger partial charge in [0, 0.05) is 23.6 Å². The molecule has 0 aliphatic heterocycles. The van der Waals surface area contributed by atoms with Crippen LogP contribution >= 0.6 is 23.4 Å². The van der Waals surface area contributed by atoms with Crippen molar-refractivity contribution in [3.63, 3.8) is 0 Å². The Morgan fingerprint density at radius 1 is 1.42 bits per heavy atom. The lowest BCUT2D eigenvalue weighted by atomic mass is 10.2. The molecule has 1 aromatic carbocycles. The fourth-order valence-electron chi connectivity index (χ4n) is 2.06. The standard InChI is InChI=1S/C14H18ClFN2S/c1-14(2,19-3)9-18-11-6-4-5-10(16)13(11)17-12(18)7-8-15/h4-6H,7-9H2,1-3H3. The largest absolute Gasteiger partial charge is 0.326 e. The minimum Gasteiger partial charge on any atom is -0.326 e. The number of halogens is 2. The molecule has 0 saturated carbocycles. The van der Waals surface area contributed by atoms with Crippen molar-refractivity contribution in [2.24, 2.45) is 0 Å². The molecule has 0 N–H and O–H groups in total. The Hall–Kier alpha value is -0.740. The Balaban J connectivity index is 2.55. The summed E-state index contributed by atoms with van der Waals surface area (Å²) < 4.78 is 16.0. The van der Waals surface area contributed by atoms with E-state index in [-0.39, 0.29) is 10.6 Å². The van der Waals surface area contributed by atoms with Crippen molar-refractivity contribution in [1.29, 1.82) is 0 Å². The molecule has 0 spiro atoms. The van der Waals surface area contributed by atoms with Crippen LogP contribution in [0.4, 0.5) is 4.39 Å². The highest BCUT2D eigenvalue weighted by molar-refractivity contribution is 7.99. The summed E-state index contributed by atoms with van der Waals surface area (Å²) in [6.07, 6.45) is 2.74. The summed E-state index contributed by atoms with van der Waals surface area (Å²) >= 11 is 7.62. The summed E-state index contributed by atoms with van der Waals surface area (Å²) in [5.74, 6) is 1.08. The molecule has 5 heteroatoms. The number of nitrogens with zero attached hydrogens (tertiary/aromatic N) is 2. The van der Waals surface area contributed by atoms with Crippen molar-refractivity contribution < 1.29 is 4.39 Å². The molecular formula is C14H18ClFN2S. The number of benzene rings is 1. The van der Waals surface area contributed by atoms with E-state index >= 15 is 0 Å². The van der Waals surface area contributed by atoms with Crippen LogP contribution in [0.15, 0.2) is 18.2 Å². The van der Waals surface area contributed by atoms with E-state index in [1.807, 2.05) is 6.07 Å². The maximum Gasteiger partial charge on any atom is 0.151 e. The molecule has 2 nitrogen and oxygen atoms in total. The predicted molar refractivity (Wildman–Crippen MR) is 81.7 cm³/mol. The molecule has 0 radical (unpaired) electrons. The third kappa shape index (κ3) is 3.06. The Morgan fingerprint density at radius 2 is 2.16 bits per heavy atom. The summed E-state index contributed by atoms with van der Waals surface area (Å²) in [5, 5.41) is 0. The SMILES string of the molecule is CSC(C)(C)Cn1c(CCCl)nc2c(F)cccc21. The maximum absolute atomic E-state index is 13.8. The van der Waals surface area contributed by atoms with Gasteiger partial charge >= 0.3 is 0 Å². The van der Waals surface area contributed by atoms with E-state index in [0.29, 0.717) is 17.8 Å². The van der Waals surface area contributed by atoms with Crippen LogP contribution < -0.4 is 0 Å². The Labute approximate surface area is 122 Å². The maximum atomic E-state index is 13.8. The topological polar surface area (TPSA) is 17.8 Å². The fourth-order valence-corrected chi connectivity index (χ4v) is 2.49. The molecule has 19 heavy (non-hydrogen) atoms. The van der Waals surface area contributed by atoms with Gasteiger partial charge in [-0.05, 0) is 32.2 Å². The van der Waals surface area contributed by atoms with E-state index in [1.54, 1.807) is 17.8 Å². The Kier molecular flexibility index (Phi) is 4.41. The van der Waals surface area contributed by atoms with E-state index in [9.17, 15) is 4.39 Å². The normalized spacial score (nSPS) is 12.3. The van der Waals surface area contributed by atoms with E-state index < -0.39 is 0 Å². The van der Waals surface area contributed by atoms with Gasteiger partial charge in [-0.1, -0.05) is 6.07 Å². The van der Waals surface area contributed by atoms with Crippen molar-refractivity contribution in [3.8, 4) is 0 Å². The summed E-state index contributed by atoms with van der Waals surface area (Å²) in [7, 11) is 0. The van der Waals surface area contributed by atoms with Gasteiger partial charge in [0.05, 0.1) is 5.52 Å². The first kappa shape index (κ1) is 14.7. The number of fused-ring (bicyclic) bond motifs is 1. The van der Waals surface area contributed by atoms with Gasteiger partial charge in [0.1, 0.15) is 11.3 Å².